The number of nitrogens with zero attached hydrogens (tertiary/aromatic N) is 2. The predicted molar refractivity (Wildman–Crippen MR) is 144 cm³/mol. The lowest BCUT2D eigenvalue weighted by Crippen LogP contribution is -2.41. The molecular weight excluding hydrogens is 565 g/mol. The molecule has 0 aromatic heterocycles. The number of nitrogens with one attached hydrogen (secondary N) is 1. The molecule has 1 fully saturated rings. The van der Waals surface area contributed by atoms with Gasteiger partial charge in [-0.1, -0.05) is 48.5 Å². The largest absolute Gasteiger partial charge is 0.496 e. The number of halogens is 3. The topological polar surface area (TPSA) is 151 Å². The molecule has 1 aliphatic rings. The van der Waals surface area contributed by atoms with Crippen LogP contribution in [0.25, 0.3) is 11.1 Å². The fourth-order valence-corrected chi connectivity index (χ4v) is 5.26. The van der Waals surface area contributed by atoms with E-state index in [0.717, 1.165) is 22.3 Å². The molecule has 1 aliphatic heterocycles. The third kappa shape index (κ3) is 8.28. The summed E-state index contributed by atoms with van der Waals surface area (Å²) in [5, 5.41) is 10.6. The lowest BCUT2D eigenvalue weighted by molar-refractivity contribution is -0.192. The normalized spacial score (nSPS) is 15.5. The van der Waals surface area contributed by atoms with Crippen LogP contribution in [0.4, 0.5) is 13.2 Å². The molecular formula is C27H27F3N4O6S. The van der Waals surface area contributed by atoms with E-state index in [1.54, 1.807) is 24.1 Å². The first-order valence-electron chi connectivity index (χ1n) is 12.0. The van der Waals surface area contributed by atoms with E-state index in [9.17, 15) is 26.4 Å². The molecule has 0 spiro atoms. The maximum Gasteiger partial charge on any atom is 0.490 e. The summed E-state index contributed by atoms with van der Waals surface area (Å²) < 4.78 is 65.6. The van der Waals surface area contributed by atoms with Crippen molar-refractivity contribution in [2.45, 2.75) is 30.1 Å². The van der Waals surface area contributed by atoms with Gasteiger partial charge in [-0.3, -0.25) is 4.79 Å². The Morgan fingerprint density at radius 2 is 1.80 bits per heavy atom. The molecule has 0 saturated carbocycles. The molecule has 3 aromatic rings. The summed E-state index contributed by atoms with van der Waals surface area (Å²) in [6.45, 7) is 0.852. The maximum atomic E-state index is 13.0. The van der Waals surface area contributed by atoms with Gasteiger partial charge in [0, 0.05) is 18.7 Å². The molecule has 0 bridgehead atoms. The van der Waals surface area contributed by atoms with E-state index in [2.05, 4.69) is 9.82 Å². The fourth-order valence-electron chi connectivity index (χ4n) is 4.04. The van der Waals surface area contributed by atoms with Gasteiger partial charge in [-0.05, 0) is 47.4 Å². The Hall–Kier alpha value is -4.43. The van der Waals surface area contributed by atoms with Crippen LogP contribution >= 0.6 is 0 Å². The number of ether oxygens (including phenoxy) is 1. The standard InChI is InChI=1S/C25H26N4O4S.C2HF3O2/c1-33-24-8-3-2-7-22(24)20-9-11-21(12-10-20)34(31,32)28-23-13-14-29(25(23)30)17-19-6-4-5-18(15-19)16-27-26;3-2(4,5)1(6)7/h2-12,15-16,23,28H,13-14,17,26H2,1H3;(H,6,7)/t23-;/m0./s1. The summed E-state index contributed by atoms with van der Waals surface area (Å²) in [7, 11) is -2.27. The van der Waals surface area contributed by atoms with Gasteiger partial charge in [0.05, 0.1) is 18.2 Å². The summed E-state index contributed by atoms with van der Waals surface area (Å²) in [6.07, 6.45) is -3.15. The number of alkyl halides is 3. The van der Waals surface area contributed by atoms with Crippen LogP contribution in [0, 0.1) is 0 Å². The van der Waals surface area contributed by atoms with Crippen molar-refractivity contribution in [3.63, 3.8) is 0 Å². The van der Waals surface area contributed by atoms with Gasteiger partial charge in [0.1, 0.15) is 11.8 Å². The summed E-state index contributed by atoms with van der Waals surface area (Å²) in [5.74, 6) is 2.91. The molecule has 1 atom stereocenters. The minimum Gasteiger partial charge on any atom is -0.496 e. The van der Waals surface area contributed by atoms with Crippen molar-refractivity contribution in [2.75, 3.05) is 13.7 Å². The second kappa shape index (κ2) is 13.3. The third-order valence-electron chi connectivity index (χ3n) is 5.97. The molecule has 218 valence electrons. The fraction of sp³-hybridized carbons (Fsp3) is 0.222. The number of hydrazone groups is 1. The van der Waals surface area contributed by atoms with Gasteiger partial charge in [0.15, 0.2) is 0 Å². The van der Waals surface area contributed by atoms with Crippen molar-refractivity contribution >= 4 is 28.1 Å². The minimum absolute atomic E-state index is 0.103. The number of carbonyl (C=O) groups excluding carboxylic acids is 1. The molecule has 3 aromatic carbocycles. The van der Waals surface area contributed by atoms with E-state index in [-0.39, 0.29) is 10.8 Å². The number of hydrogen-bond donors (Lipinski definition) is 3. The Bertz CT molecular complexity index is 1510. The SMILES string of the molecule is COc1ccccc1-c1ccc(S(=O)(=O)N[C@H]2CCN(Cc3cccc(C=NN)c3)C2=O)cc1.O=C(O)C(F)(F)F. The van der Waals surface area contributed by atoms with E-state index >= 15 is 0 Å². The highest BCUT2D eigenvalue weighted by molar-refractivity contribution is 7.89. The number of likely N-dealkylation sites (tertiary alicyclic amines) is 1. The van der Waals surface area contributed by atoms with Crippen LogP contribution in [0.1, 0.15) is 17.5 Å². The zero-order valence-corrected chi connectivity index (χ0v) is 22.5. The van der Waals surface area contributed by atoms with Gasteiger partial charge in [-0.15, -0.1) is 0 Å². The molecule has 1 saturated heterocycles. The number of hydrogen-bond acceptors (Lipinski definition) is 7. The number of aliphatic carboxylic acids is 1. The monoisotopic (exact) mass is 592 g/mol. The van der Waals surface area contributed by atoms with E-state index in [0.29, 0.717) is 25.3 Å². The summed E-state index contributed by atoms with van der Waals surface area (Å²) in [5.41, 5.74) is 3.45. The van der Waals surface area contributed by atoms with Crippen molar-refractivity contribution in [3.8, 4) is 16.9 Å². The van der Waals surface area contributed by atoms with E-state index in [4.69, 9.17) is 20.5 Å². The molecule has 0 radical (unpaired) electrons. The molecule has 0 aliphatic carbocycles. The Morgan fingerprint density at radius 1 is 1.15 bits per heavy atom. The predicted octanol–water partition coefficient (Wildman–Crippen LogP) is 3.37. The number of carboxylic acid groups (broad SMARTS) is 1. The van der Waals surface area contributed by atoms with Crippen molar-refractivity contribution in [2.24, 2.45) is 10.9 Å². The average molecular weight is 593 g/mol. The number of carbonyl (C=O) groups is 2. The number of methoxy groups -OCH3 is 1. The zero-order chi connectivity index (χ0) is 30.2. The number of nitrogens with two attached hydrogens (primary N) is 1. The molecule has 1 heterocycles. The highest BCUT2D eigenvalue weighted by Crippen LogP contribution is 2.30. The van der Waals surface area contributed by atoms with E-state index in [1.807, 2.05) is 48.5 Å². The van der Waals surface area contributed by atoms with Crippen LogP contribution in [0.5, 0.6) is 5.75 Å². The third-order valence-corrected chi connectivity index (χ3v) is 7.46. The van der Waals surface area contributed by atoms with E-state index in [1.165, 1.54) is 18.3 Å². The van der Waals surface area contributed by atoms with Crippen LogP contribution in [0.3, 0.4) is 0 Å². The number of sulfonamides is 1. The zero-order valence-electron chi connectivity index (χ0n) is 21.7. The van der Waals surface area contributed by atoms with Gasteiger partial charge in [-0.2, -0.15) is 23.0 Å². The number of benzene rings is 3. The van der Waals surface area contributed by atoms with E-state index < -0.39 is 28.2 Å². The lowest BCUT2D eigenvalue weighted by Gasteiger charge is -2.18. The molecule has 41 heavy (non-hydrogen) atoms. The number of rotatable bonds is 8. The number of amides is 1. The molecule has 14 heteroatoms. The van der Waals surface area contributed by atoms with Crippen LogP contribution in [0.2, 0.25) is 0 Å². The first-order valence-corrected chi connectivity index (χ1v) is 13.5. The van der Waals surface area contributed by atoms with Crippen molar-refractivity contribution in [1.82, 2.24) is 9.62 Å². The minimum atomic E-state index is -5.08. The van der Waals surface area contributed by atoms with Crippen LogP contribution in [0.15, 0.2) is 82.8 Å². The highest BCUT2D eigenvalue weighted by Gasteiger charge is 2.38. The van der Waals surface area contributed by atoms with Crippen LogP contribution < -0.4 is 15.3 Å². The second-order valence-corrected chi connectivity index (χ2v) is 10.5. The van der Waals surface area contributed by atoms with Gasteiger partial charge in [-0.25, -0.2) is 13.2 Å². The first-order chi connectivity index (χ1) is 19.4. The molecule has 10 nitrogen and oxygen atoms in total. The number of para-hydroxylation sites is 1. The Labute approximate surface area is 234 Å². The van der Waals surface area contributed by atoms with Crippen LogP contribution in [-0.4, -0.2) is 62.4 Å². The Balaban J connectivity index is 0.000000587. The lowest BCUT2D eigenvalue weighted by atomic mass is 10.1. The van der Waals surface area contributed by atoms with Gasteiger partial charge >= 0.3 is 12.1 Å². The average Bonchev–Trinajstić information content (AvgIpc) is 3.26. The van der Waals surface area contributed by atoms with Crippen molar-refractivity contribution in [3.05, 3.63) is 83.9 Å². The highest BCUT2D eigenvalue weighted by atomic mass is 32.2. The van der Waals surface area contributed by atoms with Crippen molar-refractivity contribution in [1.29, 1.82) is 0 Å². The van der Waals surface area contributed by atoms with Gasteiger partial charge in [0.25, 0.3) is 0 Å². The van der Waals surface area contributed by atoms with Crippen molar-refractivity contribution < 1.29 is 41.0 Å². The smallest absolute Gasteiger partial charge is 0.490 e. The quantitative estimate of drug-likeness (QED) is 0.206. The molecule has 4 N–H and O–H groups in total. The van der Waals surface area contributed by atoms with Crippen LogP contribution in [-0.2, 0) is 26.2 Å². The molecule has 4 rings (SSSR count). The summed E-state index contributed by atoms with van der Waals surface area (Å²) in [4.78, 5) is 23.5. The summed E-state index contributed by atoms with van der Waals surface area (Å²) in [6, 6.07) is 20.8. The second-order valence-electron chi connectivity index (χ2n) is 8.77. The first kappa shape index (κ1) is 31.1. The number of carboxylic acids is 1. The summed E-state index contributed by atoms with van der Waals surface area (Å²) >= 11 is 0. The Morgan fingerprint density at radius 3 is 2.41 bits per heavy atom. The molecule has 1 amide bonds. The van der Waals surface area contributed by atoms with Gasteiger partial charge in [0.2, 0.25) is 15.9 Å². The Kier molecular flexibility index (Phi) is 10.1. The maximum absolute atomic E-state index is 13.0. The molecule has 0 unspecified atom stereocenters. The van der Waals surface area contributed by atoms with Gasteiger partial charge < -0.3 is 20.6 Å².